The summed E-state index contributed by atoms with van der Waals surface area (Å²) < 4.78 is 42.8. The molecule has 0 bridgehead atoms. The molecule has 1 aliphatic carbocycles. The molecule has 19 heavy (non-hydrogen) atoms. The van der Waals surface area contributed by atoms with E-state index in [9.17, 15) is 18.3 Å². The zero-order valence-corrected chi connectivity index (χ0v) is 10.6. The highest BCUT2D eigenvalue weighted by Crippen LogP contribution is 2.45. The van der Waals surface area contributed by atoms with Gasteiger partial charge in [0.05, 0.1) is 24.8 Å². The number of halogens is 3. The highest BCUT2D eigenvalue weighted by atomic mass is 19.4. The van der Waals surface area contributed by atoms with E-state index in [1.54, 1.807) is 6.07 Å². The van der Waals surface area contributed by atoms with Crippen molar-refractivity contribution < 1.29 is 23.0 Å². The van der Waals surface area contributed by atoms with Gasteiger partial charge in [0.25, 0.3) is 0 Å². The molecule has 1 fully saturated rings. The van der Waals surface area contributed by atoms with Gasteiger partial charge in [-0.1, -0.05) is 0 Å². The molecule has 0 aromatic carbocycles. The molecule has 1 aromatic heterocycles. The topological polar surface area (TPSA) is 42.4 Å². The molecule has 2 rings (SSSR count). The normalized spacial score (nSPS) is 28.2. The molecule has 0 atom stereocenters. The molecule has 0 amide bonds. The van der Waals surface area contributed by atoms with Gasteiger partial charge in [0.2, 0.25) is 0 Å². The number of aliphatic hydroxyl groups is 1. The molecular formula is C13H16F3NO2. The third kappa shape index (κ3) is 3.00. The predicted molar refractivity (Wildman–Crippen MR) is 62.7 cm³/mol. The fourth-order valence-corrected chi connectivity index (χ4v) is 2.50. The number of alkyl halides is 3. The van der Waals surface area contributed by atoms with Crippen molar-refractivity contribution in [2.45, 2.75) is 37.5 Å². The van der Waals surface area contributed by atoms with Crippen LogP contribution < -0.4 is 4.74 Å². The first-order valence-corrected chi connectivity index (χ1v) is 6.14. The van der Waals surface area contributed by atoms with E-state index in [2.05, 4.69) is 4.98 Å². The van der Waals surface area contributed by atoms with Crippen LogP contribution in [-0.2, 0) is 5.60 Å². The van der Waals surface area contributed by atoms with Crippen LogP contribution in [0.5, 0.6) is 5.75 Å². The lowest BCUT2D eigenvalue weighted by atomic mass is 9.75. The molecule has 0 aliphatic heterocycles. The minimum absolute atomic E-state index is 0.0583. The second-order valence-electron chi connectivity index (χ2n) is 4.96. The number of ether oxygens (including phenoxy) is 1. The number of pyridine rings is 1. The van der Waals surface area contributed by atoms with Gasteiger partial charge in [0.1, 0.15) is 5.75 Å². The summed E-state index contributed by atoms with van der Waals surface area (Å²) in [4.78, 5) is 3.94. The largest absolute Gasteiger partial charge is 0.495 e. The van der Waals surface area contributed by atoms with Gasteiger partial charge in [-0.25, -0.2) is 0 Å². The Balaban J connectivity index is 2.13. The Morgan fingerprint density at radius 3 is 2.47 bits per heavy atom. The Morgan fingerprint density at radius 2 is 1.95 bits per heavy atom. The molecular weight excluding hydrogens is 259 g/mol. The van der Waals surface area contributed by atoms with Crippen LogP contribution in [0.2, 0.25) is 0 Å². The Bertz CT molecular complexity index is 440. The maximum absolute atomic E-state index is 12.6. The van der Waals surface area contributed by atoms with Crippen LogP contribution in [0.3, 0.4) is 0 Å². The van der Waals surface area contributed by atoms with Crippen molar-refractivity contribution >= 4 is 0 Å². The van der Waals surface area contributed by atoms with E-state index in [0.717, 1.165) is 0 Å². The van der Waals surface area contributed by atoms with Crippen molar-refractivity contribution in [2.24, 2.45) is 5.92 Å². The highest BCUT2D eigenvalue weighted by molar-refractivity contribution is 5.28. The van der Waals surface area contributed by atoms with Gasteiger partial charge in [0, 0.05) is 11.8 Å². The first kappa shape index (κ1) is 14.1. The Labute approximate surface area is 109 Å². The zero-order chi connectivity index (χ0) is 14.1. The van der Waals surface area contributed by atoms with Gasteiger partial charge < -0.3 is 9.84 Å². The van der Waals surface area contributed by atoms with E-state index < -0.39 is 17.7 Å². The van der Waals surface area contributed by atoms with Gasteiger partial charge in [0.15, 0.2) is 0 Å². The SMILES string of the molecule is COc1cncc(C2(O)CCC(C(F)(F)F)CC2)c1. The van der Waals surface area contributed by atoms with Crippen molar-refractivity contribution in [2.75, 3.05) is 7.11 Å². The summed E-state index contributed by atoms with van der Waals surface area (Å²) in [5.41, 5.74) is -0.712. The average Bonchev–Trinajstić information content (AvgIpc) is 2.38. The maximum atomic E-state index is 12.6. The van der Waals surface area contributed by atoms with Crippen molar-refractivity contribution in [3.05, 3.63) is 24.0 Å². The smallest absolute Gasteiger partial charge is 0.391 e. The van der Waals surface area contributed by atoms with Crippen LogP contribution in [0.15, 0.2) is 18.5 Å². The lowest BCUT2D eigenvalue weighted by Crippen LogP contribution is -2.36. The van der Waals surface area contributed by atoms with Crippen molar-refractivity contribution in [3.8, 4) is 5.75 Å². The molecule has 1 heterocycles. The van der Waals surface area contributed by atoms with Crippen LogP contribution in [0, 0.1) is 5.92 Å². The molecule has 0 saturated heterocycles. The molecule has 1 aromatic rings. The summed E-state index contributed by atoms with van der Waals surface area (Å²) in [6, 6.07) is 1.63. The van der Waals surface area contributed by atoms with Gasteiger partial charge in [-0.2, -0.15) is 13.2 Å². The second kappa shape index (κ2) is 5.00. The zero-order valence-electron chi connectivity index (χ0n) is 10.6. The standard InChI is InChI=1S/C13H16F3NO2/c1-19-11-6-10(7-17-8-11)12(18)4-2-9(3-5-12)13(14,15)16/h6-9,18H,2-5H2,1H3. The number of nitrogens with zero attached hydrogens (tertiary/aromatic N) is 1. The quantitative estimate of drug-likeness (QED) is 0.902. The number of hydrogen-bond donors (Lipinski definition) is 1. The monoisotopic (exact) mass is 275 g/mol. The van der Waals surface area contributed by atoms with Crippen molar-refractivity contribution in [1.29, 1.82) is 0 Å². The summed E-state index contributed by atoms with van der Waals surface area (Å²) in [6.45, 7) is 0. The van der Waals surface area contributed by atoms with Gasteiger partial charge >= 0.3 is 6.18 Å². The lowest BCUT2D eigenvalue weighted by molar-refractivity contribution is -0.193. The minimum Gasteiger partial charge on any atom is -0.495 e. The third-order valence-electron chi connectivity index (χ3n) is 3.76. The summed E-state index contributed by atoms with van der Waals surface area (Å²) in [6.07, 6.45) is -1.13. The van der Waals surface area contributed by atoms with Crippen LogP contribution in [-0.4, -0.2) is 23.4 Å². The molecule has 106 valence electrons. The summed E-state index contributed by atoms with van der Waals surface area (Å²) in [7, 11) is 1.48. The van der Waals surface area contributed by atoms with Crippen LogP contribution in [0.25, 0.3) is 0 Å². The van der Waals surface area contributed by atoms with E-state index in [1.807, 2.05) is 0 Å². The lowest BCUT2D eigenvalue weighted by Gasteiger charge is -2.36. The van der Waals surface area contributed by atoms with Gasteiger partial charge in [-0.3, -0.25) is 4.98 Å². The molecule has 0 spiro atoms. The Morgan fingerprint density at radius 1 is 1.32 bits per heavy atom. The molecule has 1 N–H and O–H groups in total. The molecule has 0 radical (unpaired) electrons. The first-order chi connectivity index (χ1) is 8.85. The van der Waals surface area contributed by atoms with E-state index >= 15 is 0 Å². The van der Waals surface area contributed by atoms with Crippen molar-refractivity contribution in [1.82, 2.24) is 4.98 Å². The van der Waals surface area contributed by atoms with E-state index in [0.29, 0.717) is 11.3 Å². The molecule has 1 saturated carbocycles. The number of rotatable bonds is 2. The van der Waals surface area contributed by atoms with Crippen LogP contribution >= 0.6 is 0 Å². The van der Waals surface area contributed by atoms with E-state index in [1.165, 1.54) is 19.5 Å². The predicted octanol–water partition coefficient (Wildman–Crippen LogP) is 3.03. The second-order valence-corrected chi connectivity index (χ2v) is 4.96. The van der Waals surface area contributed by atoms with Gasteiger partial charge in [-0.05, 0) is 31.7 Å². The van der Waals surface area contributed by atoms with Crippen molar-refractivity contribution in [3.63, 3.8) is 0 Å². The number of methoxy groups -OCH3 is 1. The Hall–Kier alpha value is -1.30. The Kier molecular flexibility index (Phi) is 3.71. The number of aromatic nitrogens is 1. The fourth-order valence-electron chi connectivity index (χ4n) is 2.50. The molecule has 3 nitrogen and oxygen atoms in total. The highest BCUT2D eigenvalue weighted by Gasteiger charge is 2.45. The number of hydrogen-bond acceptors (Lipinski definition) is 3. The summed E-state index contributed by atoms with van der Waals surface area (Å²) in [5.74, 6) is -0.824. The van der Waals surface area contributed by atoms with Crippen LogP contribution in [0.1, 0.15) is 31.2 Å². The summed E-state index contributed by atoms with van der Waals surface area (Å²) in [5, 5.41) is 10.5. The fraction of sp³-hybridized carbons (Fsp3) is 0.615. The summed E-state index contributed by atoms with van der Waals surface area (Å²) >= 11 is 0. The molecule has 6 heteroatoms. The van der Waals surface area contributed by atoms with Crippen LogP contribution in [0.4, 0.5) is 13.2 Å². The molecule has 0 unspecified atom stereocenters. The first-order valence-electron chi connectivity index (χ1n) is 6.14. The third-order valence-corrected chi connectivity index (χ3v) is 3.76. The maximum Gasteiger partial charge on any atom is 0.391 e. The van der Waals surface area contributed by atoms with Gasteiger partial charge in [-0.15, -0.1) is 0 Å². The minimum atomic E-state index is -4.17. The van der Waals surface area contributed by atoms with E-state index in [-0.39, 0.29) is 25.7 Å². The molecule has 1 aliphatic rings. The van der Waals surface area contributed by atoms with E-state index in [4.69, 9.17) is 4.74 Å². The average molecular weight is 275 g/mol.